The topological polar surface area (TPSA) is 72.3 Å². The van der Waals surface area contributed by atoms with Crippen LogP contribution in [0.2, 0.25) is 0 Å². The van der Waals surface area contributed by atoms with Gasteiger partial charge in [-0.1, -0.05) is 29.8 Å². The first-order valence-electron chi connectivity index (χ1n) is 5.48. The van der Waals surface area contributed by atoms with Gasteiger partial charge in [0.25, 0.3) is 0 Å². The molecule has 0 saturated carbocycles. The molecule has 88 valence electrons. The molecule has 0 amide bonds. The molecule has 17 heavy (non-hydrogen) atoms. The number of aromatic hydroxyl groups is 1. The fourth-order valence-electron chi connectivity index (χ4n) is 1.78. The number of phenolic OH excluding ortho intramolecular Hbond substituents is 1. The Morgan fingerprint density at radius 1 is 1.06 bits per heavy atom. The van der Waals surface area contributed by atoms with Crippen molar-refractivity contribution in [2.45, 2.75) is 13.0 Å². The summed E-state index contributed by atoms with van der Waals surface area (Å²) < 4.78 is 0. The highest BCUT2D eigenvalue weighted by molar-refractivity contribution is 5.50. The van der Waals surface area contributed by atoms with Gasteiger partial charge in [-0.15, -0.1) is 0 Å². The second-order valence-corrected chi connectivity index (χ2v) is 4.21. The minimum absolute atomic E-state index is 0.173. The Bertz CT molecular complexity index is 520. The number of hydrogen-bond acceptors (Lipinski definition) is 3. The molecule has 0 aliphatic rings. The van der Waals surface area contributed by atoms with Gasteiger partial charge in [0.1, 0.15) is 5.75 Å². The second kappa shape index (κ2) is 4.47. The zero-order chi connectivity index (χ0) is 12.4. The average Bonchev–Trinajstić information content (AvgIpc) is 2.32. The van der Waals surface area contributed by atoms with Crippen molar-refractivity contribution in [1.29, 1.82) is 0 Å². The van der Waals surface area contributed by atoms with Gasteiger partial charge in [0.15, 0.2) is 0 Å². The first-order valence-corrected chi connectivity index (χ1v) is 5.48. The quantitative estimate of drug-likeness (QED) is 0.545. The Kier molecular flexibility index (Phi) is 3.02. The first kappa shape index (κ1) is 11.5. The van der Waals surface area contributed by atoms with Gasteiger partial charge in [-0.2, -0.15) is 0 Å². The number of phenols is 1. The fourth-order valence-corrected chi connectivity index (χ4v) is 1.78. The standard InChI is InChI=1S/C14H16N2O/c1-9-2-4-10(5-3-9)14(16)12-8-11(15)6-7-13(12)17/h2-8,14,17H,15-16H2,1H3. The van der Waals surface area contributed by atoms with E-state index in [2.05, 4.69) is 0 Å². The zero-order valence-electron chi connectivity index (χ0n) is 9.72. The Morgan fingerprint density at radius 3 is 2.35 bits per heavy atom. The number of anilines is 1. The van der Waals surface area contributed by atoms with Gasteiger partial charge in [0.05, 0.1) is 6.04 Å². The third kappa shape index (κ3) is 2.40. The van der Waals surface area contributed by atoms with Crippen molar-refractivity contribution in [1.82, 2.24) is 0 Å². The number of nitrogen functional groups attached to an aromatic ring is 1. The normalized spacial score (nSPS) is 12.4. The van der Waals surface area contributed by atoms with Crippen LogP contribution in [-0.2, 0) is 0 Å². The van der Waals surface area contributed by atoms with E-state index in [4.69, 9.17) is 11.5 Å². The lowest BCUT2D eigenvalue weighted by Crippen LogP contribution is -2.12. The highest BCUT2D eigenvalue weighted by Gasteiger charge is 2.13. The summed E-state index contributed by atoms with van der Waals surface area (Å²) in [5.74, 6) is 0.173. The molecule has 2 aromatic carbocycles. The van der Waals surface area contributed by atoms with Gasteiger partial charge in [-0.3, -0.25) is 0 Å². The van der Waals surface area contributed by atoms with Crippen LogP contribution in [0.4, 0.5) is 5.69 Å². The van der Waals surface area contributed by atoms with Crippen LogP contribution in [0.3, 0.4) is 0 Å². The van der Waals surface area contributed by atoms with Crippen molar-refractivity contribution >= 4 is 5.69 Å². The van der Waals surface area contributed by atoms with Crippen molar-refractivity contribution in [2.75, 3.05) is 5.73 Å². The van der Waals surface area contributed by atoms with Crippen LogP contribution in [0.25, 0.3) is 0 Å². The van der Waals surface area contributed by atoms with E-state index < -0.39 is 0 Å². The van der Waals surface area contributed by atoms with Crippen LogP contribution in [0, 0.1) is 6.92 Å². The van der Waals surface area contributed by atoms with Gasteiger partial charge in [0, 0.05) is 11.3 Å². The summed E-state index contributed by atoms with van der Waals surface area (Å²) in [5, 5.41) is 9.79. The summed E-state index contributed by atoms with van der Waals surface area (Å²) in [5.41, 5.74) is 15.2. The zero-order valence-corrected chi connectivity index (χ0v) is 9.72. The fraction of sp³-hybridized carbons (Fsp3) is 0.143. The van der Waals surface area contributed by atoms with Crippen LogP contribution >= 0.6 is 0 Å². The molecule has 3 nitrogen and oxygen atoms in total. The Balaban J connectivity index is 2.39. The molecule has 0 heterocycles. The second-order valence-electron chi connectivity index (χ2n) is 4.21. The predicted molar refractivity (Wildman–Crippen MR) is 69.7 cm³/mol. The minimum atomic E-state index is -0.362. The monoisotopic (exact) mass is 228 g/mol. The van der Waals surface area contributed by atoms with Crippen molar-refractivity contribution in [3.8, 4) is 5.75 Å². The Hall–Kier alpha value is -2.00. The molecule has 0 aromatic heterocycles. The van der Waals surface area contributed by atoms with Crippen LogP contribution in [0.1, 0.15) is 22.7 Å². The maximum atomic E-state index is 9.79. The van der Waals surface area contributed by atoms with Crippen molar-refractivity contribution in [3.05, 3.63) is 59.2 Å². The number of nitrogens with two attached hydrogens (primary N) is 2. The predicted octanol–water partition coefficient (Wildman–Crippen LogP) is 2.33. The van der Waals surface area contributed by atoms with Gasteiger partial charge < -0.3 is 16.6 Å². The molecule has 5 N–H and O–H groups in total. The number of hydrogen-bond donors (Lipinski definition) is 3. The van der Waals surface area contributed by atoms with Crippen LogP contribution < -0.4 is 11.5 Å². The lowest BCUT2D eigenvalue weighted by atomic mass is 9.97. The third-order valence-electron chi connectivity index (χ3n) is 2.82. The molecule has 0 fully saturated rings. The minimum Gasteiger partial charge on any atom is -0.508 e. The molecule has 1 atom stereocenters. The van der Waals surface area contributed by atoms with E-state index in [1.54, 1.807) is 18.2 Å². The van der Waals surface area contributed by atoms with Crippen LogP contribution in [-0.4, -0.2) is 5.11 Å². The smallest absolute Gasteiger partial charge is 0.120 e. The van der Waals surface area contributed by atoms with Gasteiger partial charge in [-0.25, -0.2) is 0 Å². The molecule has 0 aliphatic carbocycles. The average molecular weight is 228 g/mol. The van der Waals surface area contributed by atoms with E-state index in [0.29, 0.717) is 11.3 Å². The van der Waals surface area contributed by atoms with E-state index in [1.807, 2.05) is 31.2 Å². The number of benzene rings is 2. The molecule has 3 heteroatoms. The molecule has 2 rings (SSSR count). The summed E-state index contributed by atoms with van der Waals surface area (Å²) >= 11 is 0. The van der Waals surface area contributed by atoms with E-state index in [1.165, 1.54) is 5.56 Å². The van der Waals surface area contributed by atoms with Gasteiger partial charge >= 0.3 is 0 Å². The SMILES string of the molecule is Cc1ccc(C(N)c2cc(N)ccc2O)cc1. The highest BCUT2D eigenvalue weighted by atomic mass is 16.3. The molecular formula is C14H16N2O. The highest BCUT2D eigenvalue weighted by Crippen LogP contribution is 2.29. The molecule has 0 bridgehead atoms. The summed E-state index contributed by atoms with van der Waals surface area (Å²) in [7, 11) is 0. The van der Waals surface area contributed by atoms with Gasteiger partial charge in [-0.05, 0) is 30.7 Å². The van der Waals surface area contributed by atoms with Crippen LogP contribution in [0.5, 0.6) is 5.75 Å². The molecular weight excluding hydrogens is 212 g/mol. The van der Waals surface area contributed by atoms with Crippen molar-refractivity contribution in [3.63, 3.8) is 0 Å². The Labute approximate surface area is 101 Å². The van der Waals surface area contributed by atoms with Gasteiger partial charge in [0.2, 0.25) is 0 Å². The first-order chi connectivity index (χ1) is 8.08. The Morgan fingerprint density at radius 2 is 1.71 bits per heavy atom. The van der Waals surface area contributed by atoms with E-state index in [0.717, 1.165) is 5.56 Å². The lowest BCUT2D eigenvalue weighted by Gasteiger charge is -2.15. The third-order valence-corrected chi connectivity index (χ3v) is 2.82. The van der Waals surface area contributed by atoms with E-state index >= 15 is 0 Å². The van der Waals surface area contributed by atoms with E-state index in [-0.39, 0.29) is 11.8 Å². The summed E-state index contributed by atoms with van der Waals surface area (Å²) in [6, 6.07) is 12.5. The summed E-state index contributed by atoms with van der Waals surface area (Å²) in [6.07, 6.45) is 0. The van der Waals surface area contributed by atoms with Crippen molar-refractivity contribution in [2.24, 2.45) is 5.73 Å². The molecule has 0 spiro atoms. The summed E-state index contributed by atoms with van der Waals surface area (Å²) in [6.45, 7) is 2.02. The molecule has 1 unspecified atom stereocenters. The molecule has 0 saturated heterocycles. The van der Waals surface area contributed by atoms with Crippen LogP contribution in [0.15, 0.2) is 42.5 Å². The molecule has 2 aromatic rings. The van der Waals surface area contributed by atoms with E-state index in [9.17, 15) is 5.11 Å². The molecule has 0 aliphatic heterocycles. The van der Waals surface area contributed by atoms with Crippen molar-refractivity contribution < 1.29 is 5.11 Å². The number of rotatable bonds is 2. The molecule has 0 radical (unpaired) electrons. The summed E-state index contributed by atoms with van der Waals surface area (Å²) in [4.78, 5) is 0. The largest absolute Gasteiger partial charge is 0.508 e. The lowest BCUT2D eigenvalue weighted by molar-refractivity contribution is 0.465. The maximum absolute atomic E-state index is 9.79. The maximum Gasteiger partial charge on any atom is 0.120 e. The number of aryl methyl sites for hydroxylation is 1.